The highest BCUT2D eigenvalue weighted by atomic mass is 32.1. The van der Waals surface area contributed by atoms with E-state index in [4.69, 9.17) is 9.72 Å². The first-order valence-electron chi connectivity index (χ1n) is 8.86. The van der Waals surface area contributed by atoms with Crippen molar-refractivity contribution in [2.45, 2.75) is 13.8 Å². The highest BCUT2D eigenvalue weighted by Crippen LogP contribution is 2.30. The average Bonchev–Trinajstić information content (AvgIpc) is 3.09. The molecule has 1 amide bonds. The van der Waals surface area contributed by atoms with Crippen molar-refractivity contribution < 1.29 is 9.53 Å². The smallest absolute Gasteiger partial charge is 0.268 e. The maximum absolute atomic E-state index is 13.1. The fourth-order valence-electron chi connectivity index (χ4n) is 3.22. The van der Waals surface area contributed by atoms with Crippen LogP contribution >= 0.6 is 11.3 Å². The van der Waals surface area contributed by atoms with Crippen molar-refractivity contribution in [3.8, 4) is 5.75 Å². The van der Waals surface area contributed by atoms with Gasteiger partial charge in [-0.1, -0.05) is 12.1 Å². The van der Waals surface area contributed by atoms with E-state index in [1.165, 1.54) is 11.3 Å². The number of thiophene rings is 1. The highest BCUT2D eigenvalue weighted by Gasteiger charge is 2.19. The van der Waals surface area contributed by atoms with Crippen LogP contribution in [-0.2, 0) is 0 Å². The molecule has 5 heteroatoms. The molecule has 4 nitrogen and oxygen atoms in total. The second kappa shape index (κ2) is 7.00. The fraction of sp³-hybridized carbons (Fsp3) is 0.182. The molecule has 136 valence electrons. The quantitative estimate of drug-likeness (QED) is 0.477. The van der Waals surface area contributed by atoms with E-state index in [1.54, 1.807) is 12.0 Å². The zero-order valence-electron chi connectivity index (χ0n) is 15.5. The van der Waals surface area contributed by atoms with Crippen molar-refractivity contribution in [3.63, 3.8) is 0 Å². The van der Waals surface area contributed by atoms with Crippen LogP contribution in [0.4, 0.5) is 5.69 Å². The van der Waals surface area contributed by atoms with Gasteiger partial charge in [-0.25, -0.2) is 4.98 Å². The van der Waals surface area contributed by atoms with Crippen LogP contribution in [0.25, 0.3) is 21.1 Å². The van der Waals surface area contributed by atoms with Crippen molar-refractivity contribution in [3.05, 3.63) is 65.0 Å². The van der Waals surface area contributed by atoms with E-state index < -0.39 is 0 Å². The average molecular weight is 376 g/mol. The molecule has 0 aliphatic rings. The van der Waals surface area contributed by atoms with E-state index in [0.717, 1.165) is 38.1 Å². The van der Waals surface area contributed by atoms with Gasteiger partial charge in [0.15, 0.2) is 0 Å². The maximum atomic E-state index is 13.1. The molecule has 0 fully saturated rings. The molecule has 0 atom stereocenters. The molecule has 0 N–H and O–H groups in total. The van der Waals surface area contributed by atoms with Gasteiger partial charge in [0.2, 0.25) is 0 Å². The Labute approximate surface area is 162 Å². The summed E-state index contributed by atoms with van der Waals surface area (Å²) in [4.78, 5) is 21.2. The van der Waals surface area contributed by atoms with Crippen molar-refractivity contribution in [1.29, 1.82) is 0 Å². The summed E-state index contributed by atoms with van der Waals surface area (Å²) in [5.74, 6) is 0.805. The van der Waals surface area contributed by atoms with E-state index in [1.807, 2.05) is 62.4 Å². The second-order valence-electron chi connectivity index (χ2n) is 6.44. The molecule has 27 heavy (non-hydrogen) atoms. The molecule has 2 aromatic heterocycles. The zero-order chi connectivity index (χ0) is 19.0. The number of nitrogens with zero attached hydrogens (tertiary/aromatic N) is 2. The van der Waals surface area contributed by atoms with Gasteiger partial charge in [0.05, 0.1) is 17.5 Å². The normalized spacial score (nSPS) is 11.1. The van der Waals surface area contributed by atoms with Gasteiger partial charge in [0, 0.05) is 23.0 Å². The zero-order valence-corrected chi connectivity index (χ0v) is 16.3. The van der Waals surface area contributed by atoms with Crippen LogP contribution < -0.4 is 9.64 Å². The molecule has 0 bridgehead atoms. The summed E-state index contributed by atoms with van der Waals surface area (Å²) in [6, 6.07) is 17.8. The number of benzene rings is 2. The topological polar surface area (TPSA) is 42.4 Å². The Morgan fingerprint density at radius 1 is 1.11 bits per heavy atom. The Balaban J connectivity index is 1.76. The number of aryl methyl sites for hydroxylation is 1. The molecule has 0 saturated heterocycles. The minimum Gasteiger partial charge on any atom is -0.497 e. The van der Waals surface area contributed by atoms with Gasteiger partial charge in [-0.05, 0) is 61.9 Å². The first kappa shape index (κ1) is 17.5. The molecule has 4 rings (SSSR count). The van der Waals surface area contributed by atoms with Crippen LogP contribution in [0.1, 0.15) is 22.2 Å². The minimum atomic E-state index is 0.00716. The van der Waals surface area contributed by atoms with Crippen LogP contribution in [0.5, 0.6) is 5.75 Å². The first-order chi connectivity index (χ1) is 13.1. The van der Waals surface area contributed by atoms with E-state index in [2.05, 4.69) is 6.07 Å². The van der Waals surface area contributed by atoms with Crippen molar-refractivity contribution in [2.24, 2.45) is 0 Å². The summed E-state index contributed by atoms with van der Waals surface area (Å²) in [6.45, 7) is 4.64. The third-order valence-electron chi connectivity index (χ3n) is 4.59. The molecule has 0 saturated carbocycles. The molecule has 4 aromatic rings. The molecular formula is C22H20N2O2S. The first-order valence-corrected chi connectivity index (χ1v) is 9.67. The Bertz CT molecular complexity index is 1150. The van der Waals surface area contributed by atoms with Crippen molar-refractivity contribution >= 4 is 44.1 Å². The highest BCUT2D eigenvalue weighted by molar-refractivity contribution is 7.20. The lowest BCUT2D eigenvalue weighted by atomic mass is 10.1. The lowest BCUT2D eigenvalue weighted by Gasteiger charge is -2.20. The number of aromatic nitrogens is 1. The van der Waals surface area contributed by atoms with Crippen LogP contribution in [0, 0.1) is 6.92 Å². The number of carbonyl (C=O) groups excluding carboxylic acids is 1. The van der Waals surface area contributed by atoms with Crippen LogP contribution in [0.3, 0.4) is 0 Å². The molecule has 2 aromatic carbocycles. The largest absolute Gasteiger partial charge is 0.497 e. The summed E-state index contributed by atoms with van der Waals surface area (Å²) in [5.41, 5.74) is 2.95. The number of ether oxygens (including phenoxy) is 1. The molecule has 0 radical (unpaired) electrons. The molecule has 2 heterocycles. The van der Waals surface area contributed by atoms with Gasteiger partial charge < -0.3 is 9.64 Å². The second-order valence-corrected chi connectivity index (χ2v) is 7.47. The SMILES string of the molecule is CCN(C(=O)c1cc2cc3cc(OC)ccc3nc2s1)c1cccc(C)c1. The number of hydrogen-bond acceptors (Lipinski definition) is 4. The number of amides is 1. The van der Waals surface area contributed by atoms with E-state index in [-0.39, 0.29) is 5.91 Å². The van der Waals surface area contributed by atoms with E-state index in [0.29, 0.717) is 11.4 Å². The summed E-state index contributed by atoms with van der Waals surface area (Å²) < 4.78 is 5.30. The fourth-order valence-corrected chi connectivity index (χ4v) is 4.19. The number of rotatable bonds is 4. The predicted molar refractivity (Wildman–Crippen MR) is 112 cm³/mol. The van der Waals surface area contributed by atoms with Gasteiger partial charge in [0.25, 0.3) is 5.91 Å². The predicted octanol–water partition coefficient (Wildman–Crippen LogP) is 5.43. The Morgan fingerprint density at radius 3 is 2.70 bits per heavy atom. The van der Waals surface area contributed by atoms with E-state index in [9.17, 15) is 4.79 Å². The molecule has 0 aliphatic carbocycles. The van der Waals surface area contributed by atoms with Gasteiger partial charge in [-0.2, -0.15) is 0 Å². The summed E-state index contributed by atoms with van der Waals surface area (Å²) in [7, 11) is 1.65. The Hall–Kier alpha value is -2.92. The molecular weight excluding hydrogens is 356 g/mol. The number of hydrogen-bond donors (Lipinski definition) is 0. The van der Waals surface area contributed by atoms with Crippen molar-refractivity contribution in [1.82, 2.24) is 4.98 Å². The third-order valence-corrected chi connectivity index (χ3v) is 5.63. The third kappa shape index (κ3) is 3.26. The molecule has 0 unspecified atom stereocenters. The number of anilines is 1. The maximum Gasteiger partial charge on any atom is 0.268 e. The number of carbonyl (C=O) groups is 1. The van der Waals surface area contributed by atoms with Crippen LogP contribution in [0.15, 0.2) is 54.6 Å². The van der Waals surface area contributed by atoms with Crippen LogP contribution in [0.2, 0.25) is 0 Å². The lowest BCUT2D eigenvalue weighted by molar-refractivity contribution is 0.0992. The van der Waals surface area contributed by atoms with E-state index >= 15 is 0 Å². The standard InChI is InChI=1S/C22H20N2O2S/c1-4-24(17-7-5-6-14(2)10-17)22(25)20-13-16-11-15-12-18(26-3)8-9-19(15)23-21(16)27-20/h5-13H,4H2,1-3H3. The minimum absolute atomic E-state index is 0.00716. The molecule has 0 spiro atoms. The Morgan fingerprint density at radius 2 is 1.96 bits per heavy atom. The van der Waals surface area contributed by atoms with Crippen molar-refractivity contribution in [2.75, 3.05) is 18.6 Å². The van der Waals surface area contributed by atoms with Crippen LogP contribution in [-0.4, -0.2) is 24.5 Å². The number of fused-ring (bicyclic) bond motifs is 2. The number of pyridine rings is 1. The number of methoxy groups -OCH3 is 1. The van der Waals surface area contributed by atoms with Gasteiger partial charge in [0.1, 0.15) is 10.6 Å². The summed E-state index contributed by atoms with van der Waals surface area (Å²) in [6.07, 6.45) is 0. The summed E-state index contributed by atoms with van der Waals surface area (Å²) >= 11 is 1.44. The van der Waals surface area contributed by atoms with Gasteiger partial charge in [-0.3, -0.25) is 4.79 Å². The summed E-state index contributed by atoms with van der Waals surface area (Å²) in [5, 5.41) is 1.98. The molecule has 0 aliphatic heterocycles. The van der Waals surface area contributed by atoms with Gasteiger partial charge >= 0.3 is 0 Å². The Kier molecular flexibility index (Phi) is 4.54. The van der Waals surface area contributed by atoms with Gasteiger partial charge in [-0.15, -0.1) is 11.3 Å². The monoisotopic (exact) mass is 376 g/mol. The lowest BCUT2D eigenvalue weighted by Crippen LogP contribution is -2.29.